The lowest BCUT2D eigenvalue weighted by Gasteiger charge is -2.32. The van der Waals surface area contributed by atoms with Gasteiger partial charge in [-0.3, -0.25) is 9.69 Å². The predicted molar refractivity (Wildman–Crippen MR) is 86.1 cm³/mol. The highest BCUT2D eigenvalue weighted by Crippen LogP contribution is 2.27. The monoisotopic (exact) mass is 342 g/mol. The van der Waals surface area contributed by atoms with Gasteiger partial charge in [0.05, 0.1) is 25.9 Å². The number of nitrogens with zero attached hydrogens (tertiary/aromatic N) is 2. The molecule has 23 heavy (non-hydrogen) atoms. The van der Waals surface area contributed by atoms with Crippen molar-refractivity contribution >= 4 is 17.2 Å². The average molecular weight is 342 g/mol. The quantitative estimate of drug-likeness (QED) is 0.816. The zero-order chi connectivity index (χ0) is 16.2. The van der Waals surface area contributed by atoms with Crippen LogP contribution >= 0.6 is 11.3 Å². The van der Waals surface area contributed by atoms with E-state index in [1.165, 1.54) is 0 Å². The largest absolute Gasteiger partial charge is 0.380 e. The van der Waals surface area contributed by atoms with Crippen molar-refractivity contribution in [1.82, 2.24) is 9.80 Å². The molecule has 5 nitrogen and oxygen atoms in total. The molecule has 0 aliphatic carbocycles. The van der Waals surface area contributed by atoms with Gasteiger partial charge in [-0.1, -0.05) is 0 Å². The number of morpholine rings is 1. The topological polar surface area (TPSA) is 42.0 Å². The second kappa shape index (κ2) is 7.70. The lowest BCUT2D eigenvalue weighted by atomic mass is 10.1. The number of hydrogen-bond acceptors (Lipinski definition) is 5. The molecule has 0 bridgehead atoms. The molecule has 2 saturated heterocycles. The third-order valence-electron chi connectivity index (χ3n) is 4.34. The van der Waals surface area contributed by atoms with Gasteiger partial charge in [-0.15, -0.1) is 11.3 Å². The SMILES string of the molecule is COCc1csc(CN2C[C@H](F)C[C@H]2C(=O)N2CCOCC2)c1. The summed E-state index contributed by atoms with van der Waals surface area (Å²) in [6, 6.07) is 1.73. The van der Waals surface area contributed by atoms with Gasteiger partial charge in [-0.2, -0.15) is 0 Å². The first-order chi connectivity index (χ1) is 11.2. The fourth-order valence-electron chi connectivity index (χ4n) is 3.23. The Labute approximate surface area is 140 Å². The van der Waals surface area contributed by atoms with E-state index in [1.54, 1.807) is 18.4 Å². The minimum absolute atomic E-state index is 0.0436. The third-order valence-corrected chi connectivity index (χ3v) is 5.31. The second-order valence-electron chi connectivity index (χ2n) is 6.07. The van der Waals surface area contributed by atoms with Crippen molar-refractivity contribution in [3.8, 4) is 0 Å². The van der Waals surface area contributed by atoms with Gasteiger partial charge < -0.3 is 14.4 Å². The summed E-state index contributed by atoms with van der Waals surface area (Å²) in [4.78, 5) is 17.6. The number of likely N-dealkylation sites (tertiary alicyclic amines) is 1. The van der Waals surface area contributed by atoms with Gasteiger partial charge in [0.1, 0.15) is 6.17 Å². The van der Waals surface area contributed by atoms with Crippen LogP contribution in [0, 0.1) is 0 Å². The predicted octanol–water partition coefficient (Wildman–Crippen LogP) is 1.67. The highest BCUT2D eigenvalue weighted by molar-refractivity contribution is 7.10. The van der Waals surface area contributed by atoms with E-state index in [2.05, 4.69) is 11.4 Å². The molecule has 2 aliphatic rings. The Kier molecular flexibility index (Phi) is 5.63. The van der Waals surface area contributed by atoms with Crippen LogP contribution in [-0.4, -0.2) is 67.9 Å². The number of carbonyl (C=O) groups is 1. The van der Waals surface area contributed by atoms with Gasteiger partial charge in [0, 0.05) is 44.6 Å². The molecule has 0 unspecified atom stereocenters. The van der Waals surface area contributed by atoms with Crippen molar-refractivity contribution in [2.45, 2.75) is 31.8 Å². The number of halogens is 1. The summed E-state index contributed by atoms with van der Waals surface area (Å²) in [6.45, 7) is 3.89. The van der Waals surface area contributed by atoms with Crippen LogP contribution < -0.4 is 0 Å². The van der Waals surface area contributed by atoms with Gasteiger partial charge in [0.15, 0.2) is 0 Å². The first-order valence-electron chi connectivity index (χ1n) is 7.97. The van der Waals surface area contributed by atoms with Crippen LogP contribution in [0.25, 0.3) is 0 Å². The Morgan fingerprint density at radius 1 is 1.48 bits per heavy atom. The molecule has 1 aromatic heterocycles. The normalized spacial score (nSPS) is 25.9. The maximum Gasteiger partial charge on any atom is 0.240 e. The third kappa shape index (κ3) is 4.09. The maximum absolute atomic E-state index is 13.9. The summed E-state index contributed by atoms with van der Waals surface area (Å²) in [7, 11) is 1.67. The first-order valence-corrected chi connectivity index (χ1v) is 8.85. The Balaban J connectivity index is 1.65. The highest BCUT2D eigenvalue weighted by Gasteiger charge is 2.39. The standard InChI is InChI=1S/C16H23FN2O3S/c1-21-10-12-6-14(23-11-12)9-19-8-13(17)7-15(19)16(20)18-2-4-22-5-3-18/h6,11,13,15H,2-5,7-10H2,1H3/t13-,15+/m1/s1. The number of ether oxygens (including phenoxy) is 2. The molecule has 3 heterocycles. The van der Waals surface area contributed by atoms with Crippen LogP contribution in [0.4, 0.5) is 4.39 Å². The molecule has 7 heteroatoms. The van der Waals surface area contributed by atoms with E-state index < -0.39 is 6.17 Å². The summed E-state index contributed by atoms with van der Waals surface area (Å²) in [5.74, 6) is 0.0436. The molecule has 2 aliphatic heterocycles. The van der Waals surface area contributed by atoms with Gasteiger partial charge in [0.2, 0.25) is 5.91 Å². The van der Waals surface area contributed by atoms with E-state index in [-0.39, 0.29) is 11.9 Å². The molecule has 0 spiro atoms. The van der Waals surface area contributed by atoms with Crippen LogP contribution in [0.15, 0.2) is 11.4 Å². The Hall–Kier alpha value is -1.02. The summed E-state index contributed by atoms with van der Waals surface area (Å²) in [6.07, 6.45) is -0.629. The van der Waals surface area contributed by atoms with Crippen molar-refractivity contribution in [3.63, 3.8) is 0 Å². The molecule has 0 aromatic carbocycles. The van der Waals surface area contributed by atoms with Gasteiger partial charge in [-0.25, -0.2) is 4.39 Å². The second-order valence-corrected chi connectivity index (χ2v) is 7.07. The molecule has 1 amide bonds. The number of alkyl halides is 1. The smallest absolute Gasteiger partial charge is 0.240 e. The molecule has 0 saturated carbocycles. The van der Waals surface area contributed by atoms with Crippen molar-refractivity contribution in [2.75, 3.05) is 40.0 Å². The molecule has 1 aromatic rings. The Morgan fingerprint density at radius 3 is 3.00 bits per heavy atom. The highest BCUT2D eigenvalue weighted by atomic mass is 32.1. The van der Waals surface area contributed by atoms with E-state index >= 15 is 0 Å². The van der Waals surface area contributed by atoms with E-state index in [4.69, 9.17) is 9.47 Å². The van der Waals surface area contributed by atoms with E-state index in [9.17, 15) is 9.18 Å². The minimum Gasteiger partial charge on any atom is -0.380 e. The molecule has 0 radical (unpaired) electrons. The molecular weight excluding hydrogens is 319 g/mol. The zero-order valence-electron chi connectivity index (χ0n) is 13.4. The van der Waals surface area contributed by atoms with Crippen LogP contribution in [0.3, 0.4) is 0 Å². The number of thiophene rings is 1. The van der Waals surface area contributed by atoms with Crippen LogP contribution in [0.5, 0.6) is 0 Å². The van der Waals surface area contributed by atoms with Crippen molar-refractivity contribution in [2.24, 2.45) is 0 Å². The first kappa shape index (κ1) is 16.8. The summed E-state index contributed by atoms with van der Waals surface area (Å²) in [5.41, 5.74) is 1.12. The number of rotatable bonds is 5. The number of amides is 1. The maximum atomic E-state index is 13.9. The summed E-state index contributed by atoms with van der Waals surface area (Å²) in [5, 5.41) is 2.06. The van der Waals surface area contributed by atoms with Crippen molar-refractivity contribution in [3.05, 3.63) is 21.9 Å². The Morgan fingerprint density at radius 2 is 2.26 bits per heavy atom. The summed E-state index contributed by atoms with van der Waals surface area (Å²) >= 11 is 1.64. The number of methoxy groups -OCH3 is 1. The average Bonchev–Trinajstić information content (AvgIpc) is 3.15. The Bertz CT molecular complexity index is 533. The molecule has 2 atom stereocenters. The van der Waals surface area contributed by atoms with Crippen molar-refractivity contribution < 1.29 is 18.7 Å². The molecule has 2 fully saturated rings. The number of hydrogen-bond donors (Lipinski definition) is 0. The van der Waals surface area contributed by atoms with Crippen LogP contribution in [-0.2, 0) is 27.4 Å². The molecule has 3 rings (SSSR count). The van der Waals surface area contributed by atoms with E-state index in [0.29, 0.717) is 52.4 Å². The lowest BCUT2D eigenvalue weighted by Crippen LogP contribution is -2.49. The zero-order valence-corrected chi connectivity index (χ0v) is 14.2. The lowest BCUT2D eigenvalue weighted by molar-refractivity contribution is -0.140. The molecule has 128 valence electrons. The van der Waals surface area contributed by atoms with Gasteiger partial charge in [0.25, 0.3) is 0 Å². The molecule has 0 N–H and O–H groups in total. The minimum atomic E-state index is -0.927. The summed E-state index contributed by atoms with van der Waals surface area (Å²) < 4.78 is 24.3. The fourth-order valence-corrected chi connectivity index (χ4v) is 4.12. The van der Waals surface area contributed by atoms with E-state index in [1.807, 2.05) is 9.80 Å². The number of carbonyl (C=O) groups excluding carboxylic acids is 1. The van der Waals surface area contributed by atoms with Crippen LogP contribution in [0.2, 0.25) is 0 Å². The van der Waals surface area contributed by atoms with Gasteiger partial charge in [-0.05, 0) is 17.0 Å². The fraction of sp³-hybridized carbons (Fsp3) is 0.688. The molecular formula is C16H23FN2O3S. The van der Waals surface area contributed by atoms with Crippen molar-refractivity contribution in [1.29, 1.82) is 0 Å². The van der Waals surface area contributed by atoms with E-state index in [0.717, 1.165) is 10.4 Å². The van der Waals surface area contributed by atoms with Gasteiger partial charge >= 0.3 is 0 Å². The van der Waals surface area contributed by atoms with Crippen LogP contribution in [0.1, 0.15) is 16.9 Å².